The lowest BCUT2D eigenvalue weighted by atomic mass is 10.2. The van der Waals surface area contributed by atoms with Crippen molar-refractivity contribution in [3.63, 3.8) is 0 Å². The summed E-state index contributed by atoms with van der Waals surface area (Å²) in [5.74, 6) is 0.124. The molecule has 0 saturated carbocycles. The van der Waals surface area contributed by atoms with E-state index in [1.807, 2.05) is 20.2 Å². The Morgan fingerprint density at radius 2 is 2.15 bits per heavy atom. The molecular formula is C15H21N3O2. The third-order valence-corrected chi connectivity index (χ3v) is 3.32. The molecule has 2 rings (SSSR count). The number of rotatable bonds is 6. The van der Waals surface area contributed by atoms with Gasteiger partial charge in [-0.2, -0.15) is 0 Å². The maximum absolute atomic E-state index is 11.0. The molecule has 0 saturated heterocycles. The molecule has 0 amide bonds. The summed E-state index contributed by atoms with van der Waals surface area (Å²) >= 11 is 0. The molecule has 108 valence electrons. The van der Waals surface area contributed by atoms with Gasteiger partial charge in [-0.3, -0.25) is 0 Å². The Kier molecular flexibility index (Phi) is 4.39. The lowest BCUT2D eigenvalue weighted by Crippen LogP contribution is -2.19. The first kappa shape index (κ1) is 14.5. The highest BCUT2D eigenvalue weighted by atomic mass is 16.4. The van der Waals surface area contributed by atoms with E-state index in [0.717, 1.165) is 42.8 Å². The van der Waals surface area contributed by atoms with E-state index < -0.39 is 5.97 Å². The molecule has 1 N–H and O–H groups in total. The van der Waals surface area contributed by atoms with E-state index in [9.17, 15) is 4.79 Å². The Morgan fingerprint density at radius 1 is 1.40 bits per heavy atom. The molecule has 1 aromatic carbocycles. The van der Waals surface area contributed by atoms with Gasteiger partial charge in [-0.1, -0.05) is 6.92 Å². The Labute approximate surface area is 118 Å². The first-order valence-corrected chi connectivity index (χ1v) is 6.90. The van der Waals surface area contributed by atoms with Crippen LogP contribution in [-0.2, 0) is 13.0 Å². The number of carbonyl (C=O) groups is 1. The molecule has 0 fully saturated rings. The molecule has 0 aliphatic carbocycles. The second-order valence-electron chi connectivity index (χ2n) is 5.24. The Hall–Kier alpha value is -1.88. The van der Waals surface area contributed by atoms with E-state index in [2.05, 4.69) is 21.4 Å². The molecule has 0 atom stereocenters. The first-order chi connectivity index (χ1) is 9.52. The highest BCUT2D eigenvalue weighted by molar-refractivity contribution is 5.92. The SMILES string of the molecule is CCCc1nc2cc(C(=O)O)ccc2n1CCN(C)C. The topological polar surface area (TPSA) is 58.4 Å². The fourth-order valence-electron chi connectivity index (χ4n) is 2.28. The van der Waals surface area contributed by atoms with Crippen LogP contribution < -0.4 is 0 Å². The fourth-order valence-corrected chi connectivity index (χ4v) is 2.28. The van der Waals surface area contributed by atoms with E-state index in [-0.39, 0.29) is 5.56 Å². The zero-order valence-corrected chi connectivity index (χ0v) is 12.3. The van der Waals surface area contributed by atoms with Crippen molar-refractivity contribution in [3.8, 4) is 0 Å². The maximum atomic E-state index is 11.0. The number of hydrogen-bond donors (Lipinski definition) is 1. The number of aromatic carboxylic acids is 1. The minimum absolute atomic E-state index is 0.290. The summed E-state index contributed by atoms with van der Waals surface area (Å²) in [6, 6.07) is 5.16. The zero-order valence-electron chi connectivity index (χ0n) is 12.3. The lowest BCUT2D eigenvalue weighted by molar-refractivity contribution is 0.0697. The number of imidazole rings is 1. The van der Waals surface area contributed by atoms with E-state index in [0.29, 0.717) is 0 Å². The van der Waals surface area contributed by atoms with Gasteiger partial charge in [0, 0.05) is 19.5 Å². The van der Waals surface area contributed by atoms with Crippen LogP contribution in [0.1, 0.15) is 29.5 Å². The molecule has 0 aliphatic rings. The standard InChI is InChI=1S/C15H21N3O2/c1-4-5-14-16-12-10-11(15(19)20)6-7-13(12)18(14)9-8-17(2)3/h6-7,10H,4-5,8-9H2,1-3H3,(H,19,20). The summed E-state index contributed by atoms with van der Waals surface area (Å²) in [6.45, 7) is 3.92. The average Bonchev–Trinajstić information content (AvgIpc) is 2.73. The van der Waals surface area contributed by atoms with Gasteiger partial charge in [-0.25, -0.2) is 9.78 Å². The zero-order chi connectivity index (χ0) is 14.7. The Morgan fingerprint density at radius 3 is 2.75 bits per heavy atom. The monoisotopic (exact) mass is 275 g/mol. The van der Waals surface area contributed by atoms with E-state index in [1.165, 1.54) is 0 Å². The predicted molar refractivity (Wildman–Crippen MR) is 79.2 cm³/mol. The van der Waals surface area contributed by atoms with Crippen LogP contribution in [0.25, 0.3) is 11.0 Å². The van der Waals surface area contributed by atoms with Gasteiger partial charge in [0.1, 0.15) is 5.82 Å². The van der Waals surface area contributed by atoms with Crippen molar-refractivity contribution >= 4 is 17.0 Å². The van der Waals surface area contributed by atoms with Crippen LogP contribution in [0.5, 0.6) is 0 Å². The summed E-state index contributed by atoms with van der Waals surface area (Å²) in [5, 5.41) is 9.06. The molecule has 0 radical (unpaired) electrons. The summed E-state index contributed by atoms with van der Waals surface area (Å²) in [5.41, 5.74) is 2.07. The predicted octanol–water partition coefficient (Wildman–Crippen LogP) is 2.25. The van der Waals surface area contributed by atoms with Gasteiger partial charge in [-0.05, 0) is 38.7 Å². The van der Waals surface area contributed by atoms with Crippen LogP contribution in [0.3, 0.4) is 0 Å². The molecule has 0 unspecified atom stereocenters. The van der Waals surface area contributed by atoms with Crippen LogP contribution in [-0.4, -0.2) is 46.2 Å². The third kappa shape index (κ3) is 2.99. The minimum atomic E-state index is -0.910. The molecule has 2 aromatic rings. The van der Waals surface area contributed by atoms with Crippen LogP contribution >= 0.6 is 0 Å². The quantitative estimate of drug-likeness (QED) is 0.878. The van der Waals surface area contributed by atoms with E-state index in [4.69, 9.17) is 5.11 Å². The molecular weight excluding hydrogens is 254 g/mol. The number of fused-ring (bicyclic) bond motifs is 1. The highest BCUT2D eigenvalue weighted by Crippen LogP contribution is 2.19. The molecule has 0 aliphatic heterocycles. The number of carboxylic acid groups (broad SMARTS) is 1. The molecule has 20 heavy (non-hydrogen) atoms. The Balaban J connectivity index is 2.45. The van der Waals surface area contributed by atoms with Gasteiger partial charge in [0.25, 0.3) is 0 Å². The van der Waals surface area contributed by atoms with Crippen LogP contribution in [0, 0.1) is 0 Å². The second-order valence-corrected chi connectivity index (χ2v) is 5.24. The molecule has 0 bridgehead atoms. The van der Waals surface area contributed by atoms with Gasteiger partial charge in [-0.15, -0.1) is 0 Å². The summed E-state index contributed by atoms with van der Waals surface area (Å²) in [6.07, 6.45) is 1.93. The lowest BCUT2D eigenvalue weighted by Gasteiger charge is -2.13. The van der Waals surface area contributed by atoms with Gasteiger partial charge in [0.2, 0.25) is 0 Å². The average molecular weight is 275 g/mol. The highest BCUT2D eigenvalue weighted by Gasteiger charge is 2.12. The van der Waals surface area contributed by atoms with Crippen LogP contribution in [0.15, 0.2) is 18.2 Å². The van der Waals surface area contributed by atoms with E-state index in [1.54, 1.807) is 12.1 Å². The van der Waals surface area contributed by atoms with Crippen molar-refractivity contribution in [3.05, 3.63) is 29.6 Å². The number of aromatic nitrogens is 2. The van der Waals surface area contributed by atoms with Crippen molar-refractivity contribution in [2.24, 2.45) is 0 Å². The summed E-state index contributed by atoms with van der Waals surface area (Å²) in [7, 11) is 4.09. The number of benzene rings is 1. The number of aryl methyl sites for hydroxylation is 1. The second kappa shape index (κ2) is 6.05. The van der Waals surface area contributed by atoms with Gasteiger partial charge < -0.3 is 14.6 Å². The maximum Gasteiger partial charge on any atom is 0.335 e. The smallest absolute Gasteiger partial charge is 0.335 e. The van der Waals surface area contributed by atoms with Crippen molar-refractivity contribution in [2.45, 2.75) is 26.3 Å². The minimum Gasteiger partial charge on any atom is -0.478 e. The normalized spacial score (nSPS) is 11.4. The van der Waals surface area contributed by atoms with Gasteiger partial charge >= 0.3 is 5.97 Å². The van der Waals surface area contributed by atoms with Crippen molar-refractivity contribution in [1.82, 2.24) is 14.5 Å². The molecule has 0 spiro atoms. The van der Waals surface area contributed by atoms with Crippen LogP contribution in [0.4, 0.5) is 0 Å². The number of likely N-dealkylation sites (N-methyl/N-ethyl adjacent to an activating group) is 1. The number of nitrogens with zero attached hydrogens (tertiary/aromatic N) is 3. The van der Waals surface area contributed by atoms with Crippen molar-refractivity contribution in [1.29, 1.82) is 0 Å². The van der Waals surface area contributed by atoms with E-state index >= 15 is 0 Å². The molecule has 1 aromatic heterocycles. The summed E-state index contributed by atoms with van der Waals surface area (Å²) in [4.78, 5) is 17.8. The fraction of sp³-hybridized carbons (Fsp3) is 0.467. The van der Waals surface area contributed by atoms with Crippen molar-refractivity contribution in [2.75, 3.05) is 20.6 Å². The van der Waals surface area contributed by atoms with Gasteiger partial charge in [0.15, 0.2) is 0 Å². The molecule has 1 heterocycles. The number of carboxylic acids is 1. The van der Waals surface area contributed by atoms with Gasteiger partial charge in [0.05, 0.1) is 16.6 Å². The third-order valence-electron chi connectivity index (χ3n) is 3.32. The van der Waals surface area contributed by atoms with Crippen LogP contribution in [0.2, 0.25) is 0 Å². The summed E-state index contributed by atoms with van der Waals surface area (Å²) < 4.78 is 2.20. The molecule has 5 nitrogen and oxygen atoms in total. The largest absolute Gasteiger partial charge is 0.478 e. The first-order valence-electron chi connectivity index (χ1n) is 6.90. The molecule has 5 heteroatoms. The number of hydrogen-bond acceptors (Lipinski definition) is 3. The van der Waals surface area contributed by atoms with Crippen molar-refractivity contribution < 1.29 is 9.90 Å². The Bertz CT molecular complexity index is 617.